The molecule has 0 amide bonds. The van der Waals surface area contributed by atoms with Gasteiger partial charge in [0.15, 0.2) is 10.5 Å². The molecular weight excluding hydrogens is 144 g/mol. The van der Waals surface area contributed by atoms with E-state index < -0.39 is 6.23 Å². The van der Waals surface area contributed by atoms with E-state index >= 15 is 0 Å². The van der Waals surface area contributed by atoms with Crippen LogP contribution in [0.25, 0.3) is 0 Å². The zero-order valence-corrected chi connectivity index (χ0v) is 5.71. The van der Waals surface area contributed by atoms with Crippen LogP contribution in [0, 0.1) is 0 Å². The molecule has 46 valence electrons. The minimum absolute atomic E-state index is 0.567. The van der Waals surface area contributed by atoms with Crippen molar-refractivity contribution in [1.82, 2.24) is 5.01 Å². The molecule has 1 fully saturated rings. The van der Waals surface area contributed by atoms with Gasteiger partial charge in [-0.05, 0) is 0 Å². The Bertz CT molecular complexity index is 118. The van der Waals surface area contributed by atoms with Crippen LogP contribution in [0.2, 0.25) is 0 Å². The van der Waals surface area contributed by atoms with Gasteiger partial charge in [-0.15, -0.1) is 0 Å². The second-order valence-corrected chi connectivity index (χ2v) is 3.12. The zero-order chi connectivity index (χ0) is 6.15. The Balaban J connectivity index is 2.56. The molecule has 1 rings (SSSR count). The van der Waals surface area contributed by atoms with E-state index in [9.17, 15) is 0 Å². The van der Waals surface area contributed by atoms with Crippen LogP contribution in [0.5, 0.6) is 0 Å². The maximum atomic E-state index is 8.86. The molecule has 1 unspecified atom stereocenters. The highest BCUT2D eigenvalue weighted by atomic mass is 32.2. The summed E-state index contributed by atoms with van der Waals surface area (Å²) in [5.41, 5.74) is 0. The van der Waals surface area contributed by atoms with Gasteiger partial charge in [0.2, 0.25) is 0 Å². The predicted molar refractivity (Wildman–Crippen MR) is 37.1 cm³/mol. The summed E-state index contributed by atoms with van der Waals surface area (Å²) in [5.74, 6) is 5.84. The minimum atomic E-state index is -0.576. The first-order valence-electron chi connectivity index (χ1n) is 2.10. The van der Waals surface area contributed by atoms with E-state index in [-0.39, 0.29) is 0 Å². The average Bonchev–Trinajstić information content (AvgIpc) is 1.98. The molecule has 1 heterocycles. The third-order valence-electron chi connectivity index (χ3n) is 0.888. The van der Waals surface area contributed by atoms with E-state index in [1.165, 1.54) is 16.8 Å². The summed E-state index contributed by atoms with van der Waals surface area (Å²) in [4.78, 5) is 0. The van der Waals surface area contributed by atoms with E-state index in [0.717, 1.165) is 0 Å². The topological polar surface area (TPSA) is 49.5 Å². The lowest BCUT2D eigenvalue weighted by atomic mass is 10.6. The molecule has 0 bridgehead atoms. The molecule has 1 saturated heterocycles. The lowest BCUT2D eigenvalue weighted by molar-refractivity contribution is 0.0844. The highest BCUT2D eigenvalue weighted by molar-refractivity contribution is 8.23. The van der Waals surface area contributed by atoms with Crippen molar-refractivity contribution in [3.63, 3.8) is 0 Å². The largest absolute Gasteiger partial charge is 0.371 e. The molecule has 1 aliphatic rings. The summed E-state index contributed by atoms with van der Waals surface area (Å²) < 4.78 is 0.567. The number of aliphatic hydroxyl groups excluding tert-OH is 1. The number of hydrogen-bond acceptors (Lipinski definition) is 4. The van der Waals surface area contributed by atoms with Crippen molar-refractivity contribution in [1.29, 1.82) is 0 Å². The summed E-state index contributed by atoms with van der Waals surface area (Å²) >= 11 is 6.12. The fourth-order valence-corrected chi connectivity index (χ4v) is 1.47. The van der Waals surface area contributed by atoms with Gasteiger partial charge in [0, 0.05) is 5.75 Å². The average molecular weight is 150 g/mol. The molecule has 0 aromatic heterocycles. The van der Waals surface area contributed by atoms with Crippen LogP contribution in [0.1, 0.15) is 0 Å². The maximum Gasteiger partial charge on any atom is 0.152 e. The molecular formula is C3H6N2OS2. The number of thiocarbonyl (C=S) groups is 1. The number of hydrazine groups is 1. The number of nitrogens with zero attached hydrogens (tertiary/aromatic N) is 1. The summed E-state index contributed by atoms with van der Waals surface area (Å²) in [7, 11) is 0. The SMILES string of the molecule is NN1C(=S)SCC1O. The van der Waals surface area contributed by atoms with Crippen molar-refractivity contribution in [2.75, 3.05) is 5.75 Å². The second-order valence-electron chi connectivity index (χ2n) is 1.46. The van der Waals surface area contributed by atoms with Gasteiger partial charge < -0.3 is 5.11 Å². The highest BCUT2D eigenvalue weighted by Crippen LogP contribution is 2.18. The lowest BCUT2D eigenvalue weighted by Crippen LogP contribution is -2.38. The fraction of sp³-hybridized carbons (Fsp3) is 0.667. The van der Waals surface area contributed by atoms with Gasteiger partial charge in [0.05, 0.1) is 0 Å². The number of hydrogen-bond donors (Lipinski definition) is 2. The molecule has 8 heavy (non-hydrogen) atoms. The van der Waals surface area contributed by atoms with E-state index in [1.54, 1.807) is 0 Å². The Hall–Kier alpha value is 0.160. The van der Waals surface area contributed by atoms with E-state index in [2.05, 4.69) is 0 Å². The Morgan fingerprint density at radius 3 is 2.75 bits per heavy atom. The Morgan fingerprint density at radius 1 is 2.00 bits per heavy atom. The van der Waals surface area contributed by atoms with Crippen LogP contribution < -0.4 is 5.84 Å². The first-order valence-corrected chi connectivity index (χ1v) is 3.50. The van der Waals surface area contributed by atoms with Crippen molar-refractivity contribution < 1.29 is 5.11 Å². The van der Waals surface area contributed by atoms with Gasteiger partial charge in [-0.1, -0.05) is 24.0 Å². The van der Waals surface area contributed by atoms with Crippen LogP contribution in [-0.2, 0) is 0 Å². The van der Waals surface area contributed by atoms with Gasteiger partial charge in [-0.3, -0.25) is 5.01 Å². The summed E-state index contributed by atoms with van der Waals surface area (Å²) in [6.45, 7) is 0. The highest BCUT2D eigenvalue weighted by Gasteiger charge is 2.23. The van der Waals surface area contributed by atoms with Crippen LogP contribution in [0.3, 0.4) is 0 Å². The van der Waals surface area contributed by atoms with Crippen LogP contribution in [0.4, 0.5) is 0 Å². The van der Waals surface area contributed by atoms with Crippen molar-refractivity contribution >= 4 is 28.3 Å². The summed E-state index contributed by atoms with van der Waals surface area (Å²) in [6.07, 6.45) is -0.576. The summed E-state index contributed by atoms with van der Waals surface area (Å²) in [5, 5.41) is 10.1. The molecule has 3 N–H and O–H groups in total. The Morgan fingerprint density at radius 2 is 2.62 bits per heavy atom. The Kier molecular flexibility index (Phi) is 1.71. The molecule has 0 spiro atoms. The number of thioether (sulfide) groups is 1. The van der Waals surface area contributed by atoms with E-state index in [1.807, 2.05) is 0 Å². The summed E-state index contributed by atoms with van der Waals surface area (Å²) in [6, 6.07) is 0. The zero-order valence-electron chi connectivity index (χ0n) is 4.07. The van der Waals surface area contributed by atoms with Crippen molar-refractivity contribution in [2.45, 2.75) is 6.23 Å². The van der Waals surface area contributed by atoms with Crippen LogP contribution in [0.15, 0.2) is 0 Å². The molecule has 0 aromatic carbocycles. The molecule has 0 saturated carbocycles. The molecule has 3 nitrogen and oxygen atoms in total. The minimum Gasteiger partial charge on any atom is -0.371 e. The fourth-order valence-electron chi connectivity index (χ4n) is 0.422. The van der Waals surface area contributed by atoms with Gasteiger partial charge >= 0.3 is 0 Å². The van der Waals surface area contributed by atoms with Gasteiger partial charge in [0.25, 0.3) is 0 Å². The third-order valence-corrected chi connectivity index (χ3v) is 2.37. The van der Waals surface area contributed by atoms with Crippen LogP contribution in [-0.4, -0.2) is 26.4 Å². The molecule has 1 aliphatic heterocycles. The number of aliphatic hydroxyl groups is 1. The number of rotatable bonds is 0. The third kappa shape index (κ3) is 0.947. The Labute approximate surface area is 56.8 Å². The monoisotopic (exact) mass is 150 g/mol. The van der Waals surface area contributed by atoms with E-state index in [4.69, 9.17) is 23.2 Å². The van der Waals surface area contributed by atoms with Crippen molar-refractivity contribution in [2.24, 2.45) is 5.84 Å². The van der Waals surface area contributed by atoms with Crippen molar-refractivity contribution in [3.8, 4) is 0 Å². The lowest BCUT2D eigenvalue weighted by Gasteiger charge is -2.12. The van der Waals surface area contributed by atoms with Gasteiger partial charge in [-0.25, -0.2) is 5.84 Å². The van der Waals surface area contributed by atoms with Gasteiger partial charge in [-0.2, -0.15) is 0 Å². The normalized spacial score (nSPS) is 29.5. The molecule has 0 aliphatic carbocycles. The van der Waals surface area contributed by atoms with Crippen LogP contribution >= 0.6 is 24.0 Å². The molecule has 1 atom stereocenters. The quantitative estimate of drug-likeness (QED) is 0.360. The second kappa shape index (κ2) is 2.18. The van der Waals surface area contributed by atoms with E-state index in [0.29, 0.717) is 10.1 Å². The maximum absolute atomic E-state index is 8.86. The first-order chi connectivity index (χ1) is 3.72. The predicted octanol–water partition coefficient (Wildman–Crippen LogP) is -0.488. The smallest absolute Gasteiger partial charge is 0.152 e. The molecule has 5 heteroatoms. The first kappa shape index (κ1) is 6.28. The standard InChI is InChI=1S/C3H6N2OS2/c4-5-2(6)1-8-3(5)7/h2,6H,1,4H2. The van der Waals surface area contributed by atoms with Gasteiger partial charge in [0.1, 0.15) is 0 Å². The molecule has 0 radical (unpaired) electrons. The van der Waals surface area contributed by atoms with Crippen molar-refractivity contribution in [3.05, 3.63) is 0 Å². The molecule has 0 aromatic rings. The number of nitrogens with two attached hydrogens (primary N) is 1.